The first kappa shape index (κ1) is 13.8. The van der Waals surface area contributed by atoms with Gasteiger partial charge in [0.1, 0.15) is 10.6 Å². The summed E-state index contributed by atoms with van der Waals surface area (Å²) in [5.41, 5.74) is 6.08. The van der Waals surface area contributed by atoms with Crippen LogP contribution in [0.15, 0.2) is 34.8 Å². The molecule has 7 heteroatoms. The molecule has 22 heavy (non-hydrogen) atoms. The van der Waals surface area contributed by atoms with Gasteiger partial charge in [0.25, 0.3) is 0 Å². The summed E-state index contributed by atoms with van der Waals surface area (Å²) in [4.78, 5) is 13.3. The average Bonchev–Trinajstić information content (AvgIpc) is 3.19. The van der Waals surface area contributed by atoms with Gasteiger partial charge in [-0.05, 0) is 29.8 Å². The van der Waals surface area contributed by atoms with Crippen molar-refractivity contribution in [1.29, 1.82) is 0 Å². The van der Waals surface area contributed by atoms with Gasteiger partial charge >= 0.3 is 0 Å². The molecule has 0 aliphatic carbocycles. The number of fused-ring (bicyclic) bond motifs is 1. The van der Waals surface area contributed by atoms with Crippen LogP contribution in [-0.2, 0) is 6.54 Å². The smallest absolute Gasteiger partial charge is 0.199 e. The molecule has 0 bridgehead atoms. The predicted molar refractivity (Wildman–Crippen MR) is 89.0 cm³/mol. The third kappa shape index (κ3) is 2.49. The summed E-state index contributed by atoms with van der Waals surface area (Å²) in [5, 5.41) is 1.21. The van der Waals surface area contributed by atoms with Crippen LogP contribution >= 0.6 is 22.9 Å². The topological polar surface area (TPSA) is 68.2 Å². The number of hydrogen-bond acceptors (Lipinski definition) is 6. The predicted octanol–water partition coefficient (Wildman–Crippen LogP) is 3.56. The Kier molecular flexibility index (Phi) is 3.37. The number of aromatic nitrogens is 2. The Morgan fingerprint density at radius 2 is 2.09 bits per heavy atom. The second-order valence-electron chi connectivity index (χ2n) is 5.13. The number of nitrogens with zero attached hydrogens (tertiary/aromatic N) is 3. The number of nitrogens with two attached hydrogens (primary N) is 1. The van der Waals surface area contributed by atoms with Gasteiger partial charge in [0.15, 0.2) is 16.8 Å². The summed E-state index contributed by atoms with van der Waals surface area (Å²) >= 11 is 7.44. The summed E-state index contributed by atoms with van der Waals surface area (Å²) in [6.07, 6.45) is 4.36. The zero-order chi connectivity index (χ0) is 15.1. The van der Waals surface area contributed by atoms with E-state index in [0.717, 1.165) is 29.9 Å². The lowest BCUT2D eigenvalue weighted by atomic mass is 10.3. The summed E-state index contributed by atoms with van der Waals surface area (Å²) in [7, 11) is 0. The van der Waals surface area contributed by atoms with Crippen molar-refractivity contribution >= 4 is 39.0 Å². The van der Waals surface area contributed by atoms with E-state index in [-0.39, 0.29) is 0 Å². The second-order valence-corrected chi connectivity index (χ2v) is 6.62. The van der Waals surface area contributed by atoms with Crippen molar-refractivity contribution in [3.63, 3.8) is 0 Å². The fourth-order valence-corrected chi connectivity index (χ4v) is 3.71. The number of nitrogen functional groups attached to an aromatic ring is 1. The fourth-order valence-electron chi connectivity index (χ4n) is 2.49. The SMILES string of the molecule is Nc1nc(-c2ccc(Cl)o2)nc2sc(CN3CC=CC3)cc12. The van der Waals surface area contributed by atoms with E-state index in [4.69, 9.17) is 21.8 Å². The van der Waals surface area contributed by atoms with Crippen molar-refractivity contribution in [2.45, 2.75) is 6.54 Å². The molecule has 0 spiro atoms. The van der Waals surface area contributed by atoms with Crippen molar-refractivity contribution in [2.75, 3.05) is 18.8 Å². The summed E-state index contributed by atoms with van der Waals surface area (Å²) < 4.78 is 5.36. The van der Waals surface area contributed by atoms with Crippen molar-refractivity contribution in [1.82, 2.24) is 14.9 Å². The zero-order valence-corrected chi connectivity index (χ0v) is 13.2. The number of hydrogen-bond donors (Lipinski definition) is 1. The van der Waals surface area contributed by atoms with Crippen molar-refractivity contribution in [2.24, 2.45) is 0 Å². The van der Waals surface area contributed by atoms with Crippen LogP contribution in [0.2, 0.25) is 5.22 Å². The normalized spacial score (nSPS) is 15.1. The summed E-state index contributed by atoms with van der Waals surface area (Å²) in [5.74, 6) is 1.46. The standard InChI is InChI=1S/C15H13ClN4OS/c16-12-4-3-11(21-12)14-18-13(17)10-7-9(22-15(10)19-14)8-20-5-1-2-6-20/h1-4,7H,5-6,8H2,(H2,17,18,19). The molecular weight excluding hydrogens is 320 g/mol. The number of rotatable bonds is 3. The van der Waals surface area contributed by atoms with Crippen LogP contribution in [0.5, 0.6) is 0 Å². The second kappa shape index (κ2) is 5.39. The van der Waals surface area contributed by atoms with Gasteiger partial charge < -0.3 is 10.2 Å². The Bertz CT molecular complexity index is 862. The van der Waals surface area contributed by atoms with E-state index in [9.17, 15) is 0 Å². The molecule has 3 aromatic rings. The molecular formula is C15H13ClN4OS. The first-order valence-corrected chi connectivity index (χ1v) is 8.07. The average molecular weight is 333 g/mol. The van der Waals surface area contributed by atoms with Crippen LogP contribution in [0.3, 0.4) is 0 Å². The van der Waals surface area contributed by atoms with E-state index < -0.39 is 0 Å². The van der Waals surface area contributed by atoms with Gasteiger partial charge in [-0.25, -0.2) is 9.97 Å². The van der Waals surface area contributed by atoms with Gasteiger partial charge in [0.2, 0.25) is 0 Å². The molecule has 4 heterocycles. The van der Waals surface area contributed by atoms with E-state index in [2.05, 4.69) is 33.1 Å². The molecule has 0 aromatic carbocycles. The Morgan fingerprint density at radius 1 is 1.27 bits per heavy atom. The van der Waals surface area contributed by atoms with Gasteiger partial charge in [-0.2, -0.15) is 0 Å². The van der Waals surface area contributed by atoms with Crippen molar-refractivity contribution < 1.29 is 4.42 Å². The van der Waals surface area contributed by atoms with E-state index in [1.807, 2.05) is 0 Å². The van der Waals surface area contributed by atoms with Crippen molar-refractivity contribution in [3.05, 3.63) is 40.4 Å². The highest BCUT2D eigenvalue weighted by Crippen LogP contribution is 2.31. The highest BCUT2D eigenvalue weighted by atomic mass is 35.5. The van der Waals surface area contributed by atoms with E-state index in [1.165, 1.54) is 4.88 Å². The maximum atomic E-state index is 6.08. The molecule has 5 nitrogen and oxygen atoms in total. The maximum Gasteiger partial charge on any atom is 0.199 e. The summed E-state index contributed by atoms with van der Waals surface area (Å²) in [6.45, 7) is 2.88. The van der Waals surface area contributed by atoms with Crippen LogP contribution in [-0.4, -0.2) is 28.0 Å². The molecule has 2 N–H and O–H groups in total. The third-order valence-corrected chi connectivity index (χ3v) is 4.76. The molecule has 0 unspecified atom stereocenters. The minimum atomic E-state index is 0.311. The molecule has 0 fully saturated rings. The molecule has 0 saturated heterocycles. The first-order chi connectivity index (χ1) is 10.7. The van der Waals surface area contributed by atoms with E-state index in [1.54, 1.807) is 23.5 Å². The van der Waals surface area contributed by atoms with Gasteiger partial charge in [0, 0.05) is 24.5 Å². The quantitative estimate of drug-likeness (QED) is 0.743. The molecule has 0 amide bonds. The highest BCUT2D eigenvalue weighted by Gasteiger charge is 2.15. The van der Waals surface area contributed by atoms with Crippen LogP contribution < -0.4 is 5.73 Å². The van der Waals surface area contributed by atoms with Gasteiger partial charge in [0.05, 0.1) is 5.39 Å². The molecule has 0 atom stereocenters. The third-order valence-electron chi connectivity index (χ3n) is 3.54. The monoisotopic (exact) mass is 332 g/mol. The molecule has 1 aliphatic rings. The number of halogens is 1. The van der Waals surface area contributed by atoms with Crippen LogP contribution in [0.1, 0.15) is 4.88 Å². The Balaban J connectivity index is 1.71. The lowest BCUT2D eigenvalue weighted by molar-refractivity contribution is 0.348. The Hall–Kier alpha value is -1.89. The zero-order valence-electron chi connectivity index (χ0n) is 11.6. The first-order valence-electron chi connectivity index (χ1n) is 6.88. The molecule has 112 valence electrons. The number of thiophene rings is 1. The summed E-state index contributed by atoms with van der Waals surface area (Å²) in [6, 6.07) is 5.49. The van der Waals surface area contributed by atoms with Gasteiger partial charge in [-0.1, -0.05) is 12.2 Å². The number of furan rings is 1. The highest BCUT2D eigenvalue weighted by molar-refractivity contribution is 7.18. The lowest BCUT2D eigenvalue weighted by Crippen LogP contribution is -2.18. The minimum Gasteiger partial charge on any atom is -0.441 e. The number of anilines is 1. The van der Waals surface area contributed by atoms with Crippen molar-refractivity contribution in [3.8, 4) is 11.6 Å². The van der Waals surface area contributed by atoms with Gasteiger partial charge in [-0.3, -0.25) is 4.90 Å². The Labute approximate surface area is 136 Å². The van der Waals surface area contributed by atoms with E-state index in [0.29, 0.717) is 22.6 Å². The minimum absolute atomic E-state index is 0.311. The van der Waals surface area contributed by atoms with Crippen LogP contribution in [0.25, 0.3) is 21.8 Å². The lowest BCUT2D eigenvalue weighted by Gasteiger charge is -2.12. The fraction of sp³-hybridized carbons (Fsp3) is 0.200. The van der Waals surface area contributed by atoms with E-state index >= 15 is 0 Å². The molecule has 0 saturated carbocycles. The maximum absolute atomic E-state index is 6.08. The molecule has 0 radical (unpaired) electrons. The largest absolute Gasteiger partial charge is 0.441 e. The Morgan fingerprint density at radius 3 is 2.82 bits per heavy atom. The molecule has 4 rings (SSSR count). The van der Waals surface area contributed by atoms with Crippen LogP contribution in [0, 0.1) is 0 Å². The van der Waals surface area contributed by atoms with Crippen LogP contribution in [0.4, 0.5) is 5.82 Å². The molecule has 3 aromatic heterocycles. The molecule has 1 aliphatic heterocycles. The van der Waals surface area contributed by atoms with Gasteiger partial charge in [-0.15, -0.1) is 11.3 Å².